The highest BCUT2D eigenvalue weighted by molar-refractivity contribution is 7.88. The molecule has 3 heterocycles. The fourth-order valence-corrected chi connectivity index (χ4v) is 5.22. The summed E-state index contributed by atoms with van der Waals surface area (Å²) in [7, 11) is -1.43. The molecule has 0 amide bonds. The third kappa shape index (κ3) is 5.54. The number of fused-ring (bicyclic) bond motifs is 1. The van der Waals surface area contributed by atoms with Crippen molar-refractivity contribution in [1.29, 1.82) is 0 Å². The van der Waals surface area contributed by atoms with E-state index in [9.17, 15) is 13.2 Å². The number of nitrogens with zero attached hydrogens (tertiary/aromatic N) is 4. The zero-order valence-corrected chi connectivity index (χ0v) is 20.3. The predicted molar refractivity (Wildman–Crippen MR) is 128 cm³/mol. The van der Waals surface area contributed by atoms with Crippen LogP contribution in [0.15, 0.2) is 41.3 Å². The molecule has 0 saturated carbocycles. The largest absolute Gasteiger partial charge is 0.450 e. The van der Waals surface area contributed by atoms with Crippen molar-refractivity contribution in [2.75, 3.05) is 19.3 Å². The van der Waals surface area contributed by atoms with Gasteiger partial charge in [0.05, 0.1) is 11.3 Å². The van der Waals surface area contributed by atoms with Gasteiger partial charge in [0.2, 0.25) is 10.0 Å². The Morgan fingerprint density at radius 3 is 2.61 bits per heavy atom. The average molecular weight is 491 g/mol. The maximum absolute atomic E-state index is 12.8. The molecular weight excluding hydrogens is 464 g/mol. The number of para-hydroxylation sites is 1. The van der Waals surface area contributed by atoms with E-state index in [0.717, 1.165) is 25.7 Å². The number of aryl methyl sites for hydroxylation is 2. The summed E-state index contributed by atoms with van der Waals surface area (Å²) in [4.78, 5) is 21.9. The van der Waals surface area contributed by atoms with Gasteiger partial charge in [0.1, 0.15) is 17.2 Å². The Bertz CT molecular complexity index is 1320. The third-order valence-corrected chi connectivity index (χ3v) is 7.69. The first-order chi connectivity index (χ1) is 15.7. The van der Waals surface area contributed by atoms with Crippen molar-refractivity contribution in [3.05, 3.63) is 57.7 Å². The van der Waals surface area contributed by atoms with Crippen LogP contribution in [0, 0.1) is 5.92 Å². The van der Waals surface area contributed by atoms with E-state index < -0.39 is 10.0 Å². The molecular formula is C23H27ClN4O4S. The van der Waals surface area contributed by atoms with Crippen molar-refractivity contribution >= 4 is 32.7 Å². The molecule has 0 aliphatic carbocycles. The van der Waals surface area contributed by atoms with Gasteiger partial charge in [-0.2, -0.15) is 0 Å². The van der Waals surface area contributed by atoms with Crippen molar-refractivity contribution in [1.82, 2.24) is 18.8 Å². The van der Waals surface area contributed by atoms with Crippen LogP contribution >= 0.6 is 11.6 Å². The van der Waals surface area contributed by atoms with E-state index in [1.54, 1.807) is 47.9 Å². The summed E-state index contributed by atoms with van der Waals surface area (Å²) in [6.07, 6.45) is 7.36. The molecule has 1 saturated heterocycles. The number of hydrogen-bond donors (Lipinski definition) is 0. The van der Waals surface area contributed by atoms with Gasteiger partial charge in [-0.1, -0.05) is 23.7 Å². The molecule has 2 aromatic heterocycles. The van der Waals surface area contributed by atoms with E-state index in [1.165, 1.54) is 10.8 Å². The molecule has 0 N–H and O–H groups in total. The minimum Gasteiger partial charge on any atom is -0.450 e. The van der Waals surface area contributed by atoms with E-state index in [1.807, 2.05) is 0 Å². The van der Waals surface area contributed by atoms with Crippen LogP contribution in [0.25, 0.3) is 11.0 Å². The van der Waals surface area contributed by atoms with Crippen molar-refractivity contribution in [2.24, 2.45) is 13.0 Å². The molecule has 0 spiro atoms. The number of pyridine rings is 1. The van der Waals surface area contributed by atoms with E-state index in [0.29, 0.717) is 53.1 Å². The second kappa shape index (κ2) is 9.79. The smallest absolute Gasteiger partial charge is 0.294 e. The number of aromatic nitrogens is 3. The first-order valence-corrected chi connectivity index (χ1v) is 13.2. The van der Waals surface area contributed by atoms with Gasteiger partial charge >= 0.3 is 0 Å². The molecule has 8 nitrogen and oxygen atoms in total. The fraction of sp³-hybridized carbons (Fsp3) is 0.435. The van der Waals surface area contributed by atoms with Crippen LogP contribution in [0.1, 0.15) is 31.5 Å². The SMILES string of the molecule is Cn1c(=O)c(Oc2ccccc2Cl)cc2cnc(CCCC3CCN(S(C)(=O)=O)CC3)nc21. The van der Waals surface area contributed by atoms with E-state index in [4.69, 9.17) is 16.3 Å². The topological polar surface area (TPSA) is 94.4 Å². The Labute approximate surface area is 198 Å². The quantitative estimate of drug-likeness (QED) is 0.500. The fourth-order valence-electron chi connectivity index (χ4n) is 4.17. The highest BCUT2D eigenvalue weighted by Crippen LogP contribution is 2.28. The Morgan fingerprint density at radius 1 is 1.18 bits per heavy atom. The van der Waals surface area contributed by atoms with Crippen molar-refractivity contribution < 1.29 is 13.2 Å². The maximum atomic E-state index is 12.8. The normalized spacial score (nSPS) is 15.7. The maximum Gasteiger partial charge on any atom is 0.294 e. The van der Waals surface area contributed by atoms with Crippen molar-refractivity contribution in [3.63, 3.8) is 0 Å². The molecule has 3 aromatic rings. The number of sulfonamides is 1. The molecule has 1 aliphatic heterocycles. The van der Waals surface area contributed by atoms with Gasteiger partial charge in [-0.25, -0.2) is 22.7 Å². The summed E-state index contributed by atoms with van der Waals surface area (Å²) in [5, 5.41) is 1.13. The summed E-state index contributed by atoms with van der Waals surface area (Å²) >= 11 is 6.15. The minimum absolute atomic E-state index is 0.162. The number of ether oxygens (including phenoxy) is 1. The molecule has 33 heavy (non-hydrogen) atoms. The number of hydrogen-bond acceptors (Lipinski definition) is 6. The summed E-state index contributed by atoms with van der Waals surface area (Å²) in [6.45, 7) is 1.19. The predicted octanol–water partition coefficient (Wildman–Crippen LogP) is 3.77. The van der Waals surface area contributed by atoms with Crippen LogP contribution in [0.2, 0.25) is 5.02 Å². The lowest BCUT2D eigenvalue weighted by molar-refractivity contribution is 0.261. The number of piperidine rings is 1. The van der Waals surface area contributed by atoms with Crippen LogP contribution in [0.5, 0.6) is 11.5 Å². The summed E-state index contributed by atoms with van der Waals surface area (Å²) < 4.78 is 32.1. The van der Waals surface area contributed by atoms with Gasteiger partial charge in [0.25, 0.3) is 5.56 Å². The van der Waals surface area contributed by atoms with Crippen LogP contribution < -0.4 is 10.3 Å². The molecule has 10 heteroatoms. The number of benzene rings is 1. The number of halogens is 1. The van der Waals surface area contributed by atoms with Gasteiger partial charge in [0.15, 0.2) is 5.75 Å². The van der Waals surface area contributed by atoms with E-state index in [2.05, 4.69) is 9.97 Å². The molecule has 0 radical (unpaired) electrons. The zero-order valence-electron chi connectivity index (χ0n) is 18.7. The van der Waals surface area contributed by atoms with E-state index >= 15 is 0 Å². The first kappa shape index (κ1) is 23.7. The Hall–Kier alpha value is -2.49. The average Bonchev–Trinajstić information content (AvgIpc) is 2.79. The van der Waals surface area contributed by atoms with Crippen LogP contribution in [-0.2, 0) is 23.5 Å². The molecule has 1 aliphatic rings. The van der Waals surface area contributed by atoms with Crippen LogP contribution in [0.3, 0.4) is 0 Å². The number of rotatable bonds is 7. The summed E-state index contributed by atoms with van der Waals surface area (Å²) in [5.74, 6) is 1.77. The zero-order chi connectivity index (χ0) is 23.6. The van der Waals surface area contributed by atoms with Crippen LogP contribution in [-0.4, -0.2) is 46.6 Å². The Balaban J connectivity index is 1.42. The summed E-state index contributed by atoms with van der Waals surface area (Å²) in [5.41, 5.74) is 0.252. The van der Waals surface area contributed by atoms with Crippen LogP contribution in [0.4, 0.5) is 0 Å². The van der Waals surface area contributed by atoms with Gasteiger partial charge in [-0.3, -0.25) is 9.36 Å². The minimum atomic E-state index is -3.09. The molecule has 0 bridgehead atoms. The van der Waals surface area contributed by atoms with Gasteiger partial charge < -0.3 is 4.74 Å². The third-order valence-electron chi connectivity index (χ3n) is 6.08. The first-order valence-electron chi connectivity index (χ1n) is 11.0. The van der Waals surface area contributed by atoms with Gasteiger partial charge in [0, 0.05) is 38.1 Å². The Morgan fingerprint density at radius 2 is 1.91 bits per heavy atom. The van der Waals surface area contributed by atoms with Gasteiger partial charge in [-0.15, -0.1) is 0 Å². The van der Waals surface area contributed by atoms with Crippen molar-refractivity contribution in [3.8, 4) is 11.5 Å². The molecule has 1 aromatic carbocycles. The van der Waals surface area contributed by atoms with Gasteiger partial charge in [-0.05, 0) is 49.8 Å². The highest BCUT2D eigenvalue weighted by atomic mass is 35.5. The highest BCUT2D eigenvalue weighted by Gasteiger charge is 2.24. The molecule has 4 rings (SSSR count). The molecule has 176 valence electrons. The van der Waals surface area contributed by atoms with Crippen molar-refractivity contribution in [2.45, 2.75) is 32.1 Å². The lowest BCUT2D eigenvalue weighted by Gasteiger charge is -2.30. The second-order valence-electron chi connectivity index (χ2n) is 8.47. The lowest BCUT2D eigenvalue weighted by Crippen LogP contribution is -2.37. The molecule has 1 fully saturated rings. The molecule has 0 unspecified atom stereocenters. The molecule has 0 atom stereocenters. The lowest BCUT2D eigenvalue weighted by atomic mass is 9.92. The second-order valence-corrected chi connectivity index (χ2v) is 10.9. The standard InChI is InChI=1S/C23H27ClN4O4S/c1-27-22-17(14-20(23(27)29)32-19-8-4-3-7-18(19)24)15-25-21(26-22)9-5-6-16-10-12-28(13-11-16)33(2,30)31/h3-4,7-8,14-16H,5-6,9-13H2,1-2H3. The Kier molecular flexibility index (Phi) is 7.02. The monoisotopic (exact) mass is 490 g/mol. The summed E-state index contributed by atoms with van der Waals surface area (Å²) in [6, 6.07) is 8.63. The van der Waals surface area contributed by atoms with E-state index in [-0.39, 0.29) is 11.3 Å².